The Kier molecular flexibility index (Phi) is 33.5. The number of carbonyl (C=O) groups is 3. The van der Waals surface area contributed by atoms with E-state index in [1.807, 2.05) is 0 Å². The van der Waals surface area contributed by atoms with Crippen LogP contribution in [0.3, 0.4) is 0 Å². The van der Waals surface area contributed by atoms with Crippen molar-refractivity contribution < 1.29 is 47.8 Å². The first-order valence-corrected chi connectivity index (χ1v) is 21.6. The Balaban J connectivity index is 3.76. The van der Waals surface area contributed by atoms with Gasteiger partial charge in [0.15, 0.2) is 6.04 Å². The molecule has 0 aromatic heterocycles. The van der Waals surface area contributed by atoms with Gasteiger partial charge in [-0.15, -0.1) is 0 Å². The molecule has 0 aromatic carbocycles. The minimum Gasteiger partial charge on any atom is -0.480 e. The monoisotopic (exact) mass is 736 g/mol. The number of aliphatic hydroxyl groups excluding tert-OH is 1. The fourth-order valence-electron chi connectivity index (χ4n) is 5.73. The Bertz CT molecular complexity index is 875. The number of carbonyl (C=O) groups excluding carboxylic acids is 2. The minimum absolute atomic E-state index is 0.147. The molecule has 0 saturated carbocycles. The number of phosphoric acid groups is 1. The molecule has 0 radical (unpaired) electrons. The first-order valence-electron chi connectivity index (χ1n) is 20.1. The van der Waals surface area contributed by atoms with Crippen LogP contribution in [-0.4, -0.2) is 64.9 Å². The summed E-state index contributed by atoms with van der Waals surface area (Å²) in [4.78, 5) is 45.4. The molecule has 0 heterocycles. The van der Waals surface area contributed by atoms with Gasteiger partial charge in [0.2, 0.25) is 5.91 Å². The number of phosphoric ester groups is 1. The molecule has 0 aromatic rings. The van der Waals surface area contributed by atoms with Crippen LogP contribution < -0.4 is 5.32 Å². The number of rotatable bonds is 38. The Labute approximate surface area is 304 Å². The number of carboxylic acid groups (broad SMARTS) is 1. The highest BCUT2D eigenvalue weighted by molar-refractivity contribution is 7.47. The van der Waals surface area contributed by atoms with Crippen molar-refractivity contribution >= 4 is 25.7 Å². The van der Waals surface area contributed by atoms with Gasteiger partial charge < -0.3 is 25.2 Å². The number of aliphatic hydroxyl groups is 1. The summed E-state index contributed by atoms with van der Waals surface area (Å²) >= 11 is 0. The number of ether oxygens (including phenoxy) is 1. The van der Waals surface area contributed by atoms with Gasteiger partial charge in [-0.25, -0.2) is 9.36 Å². The molecule has 1 amide bonds. The number of carboxylic acids is 1. The molecular formula is C38H74NO10P. The van der Waals surface area contributed by atoms with Gasteiger partial charge in [0, 0.05) is 12.8 Å². The zero-order valence-electron chi connectivity index (χ0n) is 31.7. The van der Waals surface area contributed by atoms with Crippen LogP contribution in [0.2, 0.25) is 0 Å². The highest BCUT2D eigenvalue weighted by atomic mass is 31.2. The van der Waals surface area contributed by atoms with Crippen molar-refractivity contribution in [3.05, 3.63) is 0 Å². The van der Waals surface area contributed by atoms with Gasteiger partial charge in [-0.1, -0.05) is 168 Å². The van der Waals surface area contributed by atoms with Gasteiger partial charge in [0.05, 0.1) is 13.2 Å². The molecule has 0 bridgehead atoms. The third-order valence-corrected chi connectivity index (χ3v) is 9.85. The smallest absolute Gasteiger partial charge is 0.472 e. The number of aliphatic carboxylic acids is 1. The zero-order chi connectivity index (χ0) is 37.1. The van der Waals surface area contributed by atoms with E-state index in [-0.39, 0.29) is 12.8 Å². The molecule has 50 heavy (non-hydrogen) atoms. The van der Waals surface area contributed by atoms with E-state index >= 15 is 0 Å². The van der Waals surface area contributed by atoms with Crippen LogP contribution in [0.4, 0.5) is 0 Å². The number of hydrogen-bond donors (Lipinski definition) is 4. The van der Waals surface area contributed by atoms with Gasteiger partial charge >= 0.3 is 19.8 Å². The lowest BCUT2D eigenvalue weighted by Gasteiger charge is -2.18. The van der Waals surface area contributed by atoms with Crippen LogP contribution in [0.1, 0.15) is 194 Å². The molecule has 0 rings (SSSR count). The number of unbranched alkanes of at least 4 members (excludes halogenated alkanes) is 24. The van der Waals surface area contributed by atoms with Crippen molar-refractivity contribution in [1.29, 1.82) is 0 Å². The fourth-order valence-corrected chi connectivity index (χ4v) is 6.50. The number of esters is 1. The van der Waals surface area contributed by atoms with Gasteiger partial charge in [-0.3, -0.25) is 18.6 Å². The summed E-state index contributed by atoms with van der Waals surface area (Å²) in [5.41, 5.74) is 0. The number of hydrogen-bond acceptors (Lipinski definition) is 8. The molecule has 0 fully saturated rings. The second kappa shape index (κ2) is 34.6. The van der Waals surface area contributed by atoms with Crippen molar-refractivity contribution in [2.45, 2.75) is 206 Å². The van der Waals surface area contributed by atoms with Gasteiger partial charge in [0.25, 0.3) is 0 Å². The summed E-state index contributed by atoms with van der Waals surface area (Å²) in [6.07, 6.45) is 30.4. The van der Waals surface area contributed by atoms with E-state index in [4.69, 9.17) is 13.8 Å². The molecule has 0 aliphatic carbocycles. The lowest BCUT2D eigenvalue weighted by molar-refractivity contribution is -0.147. The normalized spacial score (nSPS) is 13.8. The molecule has 12 heteroatoms. The van der Waals surface area contributed by atoms with Gasteiger partial charge in [0.1, 0.15) is 12.7 Å². The molecule has 0 saturated heterocycles. The van der Waals surface area contributed by atoms with Crippen LogP contribution in [0.15, 0.2) is 0 Å². The van der Waals surface area contributed by atoms with E-state index in [1.54, 1.807) is 0 Å². The Hall–Kier alpha value is -1.52. The molecule has 0 spiro atoms. The zero-order valence-corrected chi connectivity index (χ0v) is 32.6. The fraction of sp³-hybridized carbons (Fsp3) is 0.921. The van der Waals surface area contributed by atoms with Crippen LogP contribution in [0.25, 0.3) is 0 Å². The summed E-state index contributed by atoms with van der Waals surface area (Å²) in [7, 11) is -4.73. The minimum atomic E-state index is -4.73. The predicted octanol–water partition coefficient (Wildman–Crippen LogP) is 9.56. The Morgan fingerprint density at radius 2 is 0.920 bits per heavy atom. The van der Waals surface area contributed by atoms with Crippen LogP contribution in [0.5, 0.6) is 0 Å². The highest BCUT2D eigenvalue weighted by Gasteiger charge is 2.28. The van der Waals surface area contributed by atoms with Crippen molar-refractivity contribution in [3.63, 3.8) is 0 Å². The number of nitrogens with one attached hydrogen (secondary N) is 1. The molecule has 4 N–H and O–H groups in total. The topological polar surface area (TPSA) is 169 Å². The lowest BCUT2D eigenvalue weighted by atomic mass is 10.0. The van der Waals surface area contributed by atoms with Gasteiger partial charge in [-0.05, 0) is 12.8 Å². The maximum atomic E-state index is 12.2. The average molecular weight is 736 g/mol. The highest BCUT2D eigenvalue weighted by Crippen LogP contribution is 2.43. The maximum Gasteiger partial charge on any atom is 0.472 e. The summed E-state index contributed by atoms with van der Waals surface area (Å²) < 4.78 is 26.6. The molecule has 3 atom stereocenters. The van der Waals surface area contributed by atoms with Crippen LogP contribution in [0, 0.1) is 0 Å². The summed E-state index contributed by atoms with van der Waals surface area (Å²) in [6, 6.07) is -1.54. The maximum absolute atomic E-state index is 12.2. The molecule has 296 valence electrons. The molecule has 0 aliphatic heterocycles. The van der Waals surface area contributed by atoms with Crippen molar-refractivity contribution in [1.82, 2.24) is 5.32 Å². The first kappa shape index (κ1) is 48.5. The molecular weight excluding hydrogens is 661 g/mol. The number of amides is 1. The van der Waals surface area contributed by atoms with Crippen LogP contribution in [-0.2, 0) is 32.7 Å². The Morgan fingerprint density at radius 1 is 0.560 bits per heavy atom. The second-order valence-electron chi connectivity index (χ2n) is 13.8. The summed E-state index contributed by atoms with van der Waals surface area (Å²) in [5.74, 6) is -2.37. The van der Waals surface area contributed by atoms with E-state index in [0.717, 1.165) is 51.4 Å². The third-order valence-electron chi connectivity index (χ3n) is 8.90. The summed E-state index contributed by atoms with van der Waals surface area (Å²) in [6.45, 7) is 2.51. The SMILES string of the molecule is CCCCCCCCCCCCCCCCCCCCCCC(=O)OCC(O)COP(=O)(O)OCC(NC(=O)CCCCCCCC)C(=O)O. The van der Waals surface area contributed by atoms with E-state index in [0.29, 0.717) is 12.8 Å². The Morgan fingerprint density at radius 3 is 1.32 bits per heavy atom. The van der Waals surface area contributed by atoms with E-state index in [2.05, 4.69) is 19.2 Å². The van der Waals surface area contributed by atoms with E-state index in [1.165, 1.54) is 103 Å². The summed E-state index contributed by atoms with van der Waals surface area (Å²) in [5, 5.41) is 21.6. The predicted molar refractivity (Wildman–Crippen MR) is 199 cm³/mol. The van der Waals surface area contributed by atoms with Gasteiger partial charge in [-0.2, -0.15) is 0 Å². The molecule has 3 unspecified atom stereocenters. The van der Waals surface area contributed by atoms with E-state index < -0.39 is 57.6 Å². The average Bonchev–Trinajstić information content (AvgIpc) is 3.08. The van der Waals surface area contributed by atoms with Crippen molar-refractivity contribution in [2.75, 3.05) is 19.8 Å². The largest absolute Gasteiger partial charge is 0.480 e. The lowest BCUT2D eigenvalue weighted by Crippen LogP contribution is -2.43. The quantitative estimate of drug-likeness (QED) is 0.0272. The van der Waals surface area contributed by atoms with Crippen molar-refractivity contribution in [3.8, 4) is 0 Å². The van der Waals surface area contributed by atoms with E-state index in [9.17, 15) is 34.1 Å². The second-order valence-corrected chi connectivity index (χ2v) is 15.3. The molecule has 0 aliphatic rings. The molecule has 11 nitrogen and oxygen atoms in total. The first-order chi connectivity index (χ1) is 24.1. The standard InChI is InChI=1S/C38H74NO10P/c1-3-5-7-9-11-12-13-14-15-16-17-18-19-20-21-22-23-24-26-28-30-37(42)47-31-34(40)32-48-50(45,46)49-33-35(38(43)44)39-36(41)29-27-25-10-8-6-4-2/h34-35,40H,3-33H2,1-2H3,(H,39,41)(H,43,44)(H,45,46). The van der Waals surface area contributed by atoms with Crippen molar-refractivity contribution in [2.24, 2.45) is 0 Å². The third kappa shape index (κ3) is 33.6. The van der Waals surface area contributed by atoms with Crippen LogP contribution >= 0.6 is 7.82 Å².